The van der Waals surface area contributed by atoms with Crippen LogP contribution in [0.5, 0.6) is 0 Å². The van der Waals surface area contributed by atoms with Gasteiger partial charge in [0.25, 0.3) is 0 Å². The van der Waals surface area contributed by atoms with Crippen LogP contribution in [0, 0.1) is 6.92 Å². The maximum Gasteiger partial charge on any atom is 0.0447 e. The minimum absolute atomic E-state index is 0.151. The van der Waals surface area contributed by atoms with Crippen LogP contribution in [0.25, 0.3) is 44.5 Å². The van der Waals surface area contributed by atoms with Gasteiger partial charge in [-0.05, 0) is 122 Å². The van der Waals surface area contributed by atoms with Crippen LogP contribution >= 0.6 is 0 Å². The lowest BCUT2D eigenvalue weighted by molar-refractivity contribution is 0.660. The van der Waals surface area contributed by atoms with Crippen molar-refractivity contribution in [1.82, 2.24) is 0 Å². The van der Waals surface area contributed by atoms with E-state index in [0.717, 1.165) is 12.8 Å². The first-order valence-corrected chi connectivity index (χ1v) is 25.6. The van der Waals surface area contributed by atoms with Crippen LogP contribution in [-0.2, 0) is 11.8 Å². The molecule has 10 rings (SSSR count). The molecule has 1 unspecified atom stereocenters. The van der Waals surface area contributed by atoms with Crippen molar-refractivity contribution in [2.45, 2.75) is 100 Å². The third-order valence-corrected chi connectivity index (χ3v) is 12.6. The second-order valence-electron chi connectivity index (χ2n) is 17.1. The Balaban J connectivity index is 0.000000307. The van der Waals surface area contributed by atoms with Gasteiger partial charge in [-0.25, -0.2) is 0 Å². The quantitative estimate of drug-likeness (QED) is 0.147. The maximum atomic E-state index is 2.41. The van der Waals surface area contributed by atoms with Crippen LogP contribution < -0.4 is 4.90 Å². The predicted molar refractivity (Wildman–Crippen MR) is 306 cm³/mol. The summed E-state index contributed by atoms with van der Waals surface area (Å²) in [5.41, 5.74) is 21.1. The standard InChI is InChI=1S/C44H37N.C16H16.4C2H6/c1-45(42-26-23-36(24-27-42)35-16-7-3-8-17-35)44-28-25-41(32-43(44)37-18-9-4-10-19-37)40-22-12-21-39(31-40)38-20-11-15-34(30-38)29-33-13-5-2-6-14-33;1-11-8-9-13-12-6-4-5-7-14(12)16(2,3)15(13)10-11;4*1-2/h2-18,20-28,30-32,37H,19,29H2,1H3;4-10H,1-3H3;4*1-2H3. The minimum Gasteiger partial charge on any atom is -0.344 e. The van der Waals surface area contributed by atoms with E-state index in [1.807, 2.05) is 55.4 Å². The van der Waals surface area contributed by atoms with Crippen molar-refractivity contribution in [3.05, 3.63) is 252 Å². The average Bonchev–Trinajstić information content (AvgIpc) is 3.66. The Hall–Kier alpha value is -6.96. The largest absolute Gasteiger partial charge is 0.344 e. The summed E-state index contributed by atoms with van der Waals surface area (Å²) in [6, 6.07) is 70.6. The molecule has 0 saturated heterocycles. The first-order chi connectivity index (χ1) is 33.8. The summed E-state index contributed by atoms with van der Waals surface area (Å²) in [6.07, 6.45) is 10.9. The first-order valence-electron chi connectivity index (χ1n) is 25.6. The number of anilines is 2. The van der Waals surface area contributed by atoms with E-state index in [2.05, 4.69) is 251 Å². The average molecular weight is 908 g/mol. The molecule has 0 aliphatic heterocycles. The Morgan fingerprint density at radius 3 is 1.62 bits per heavy atom. The van der Waals surface area contributed by atoms with Gasteiger partial charge in [0.2, 0.25) is 0 Å². The Kier molecular flexibility index (Phi) is 20.4. The molecule has 8 aromatic rings. The van der Waals surface area contributed by atoms with Crippen molar-refractivity contribution in [3.8, 4) is 44.5 Å². The van der Waals surface area contributed by atoms with Gasteiger partial charge in [0.05, 0.1) is 0 Å². The van der Waals surface area contributed by atoms with Gasteiger partial charge in [-0.2, -0.15) is 0 Å². The molecule has 0 amide bonds. The van der Waals surface area contributed by atoms with Gasteiger partial charge in [0.1, 0.15) is 0 Å². The van der Waals surface area contributed by atoms with Crippen LogP contribution in [0.1, 0.15) is 115 Å². The molecule has 0 spiro atoms. The van der Waals surface area contributed by atoms with Gasteiger partial charge in [0, 0.05) is 29.8 Å². The van der Waals surface area contributed by atoms with Crippen LogP contribution in [0.15, 0.2) is 218 Å². The topological polar surface area (TPSA) is 3.24 Å². The van der Waals surface area contributed by atoms with E-state index in [-0.39, 0.29) is 5.41 Å². The van der Waals surface area contributed by atoms with E-state index in [1.165, 1.54) is 89.3 Å². The van der Waals surface area contributed by atoms with Gasteiger partial charge in [-0.1, -0.05) is 263 Å². The number of rotatable bonds is 8. The summed E-state index contributed by atoms with van der Waals surface area (Å²) < 4.78 is 0. The molecule has 0 N–H and O–H groups in total. The van der Waals surface area contributed by atoms with E-state index in [1.54, 1.807) is 0 Å². The normalized spacial score (nSPS) is 13.1. The van der Waals surface area contributed by atoms with Gasteiger partial charge >= 0.3 is 0 Å². The molecule has 0 bridgehead atoms. The van der Waals surface area contributed by atoms with Gasteiger partial charge in [-0.15, -0.1) is 0 Å². The van der Waals surface area contributed by atoms with Crippen molar-refractivity contribution in [3.63, 3.8) is 0 Å². The molecule has 8 aromatic carbocycles. The van der Waals surface area contributed by atoms with Crippen LogP contribution in [0.2, 0.25) is 0 Å². The lowest BCUT2D eigenvalue weighted by Crippen LogP contribution is -2.14. The lowest BCUT2D eigenvalue weighted by Gasteiger charge is -2.27. The highest BCUT2D eigenvalue weighted by Crippen LogP contribution is 2.48. The van der Waals surface area contributed by atoms with E-state index >= 15 is 0 Å². The monoisotopic (exact) mass is 908 g/mol. The van der Waals surface area contributed by atoms with Gasteiger partial charge < -0.3 is 4.90 Å². The molecule has 0 heterocycles. The molecule has 1 heteroatoms. The molecular weight excluding hydrogens is 831 g/mol. The fourth-order valence-electron chi connectivity index (χ4n) is 9.18. The lowest BCUT2D eigenvalue weighted by atomic mass is 9.82. The zero-order valence-electron chi connectivity index (χ0n) is 43.7. The molecule has 0 saturated carbocycles. The Labute approximate surface area is 418 Å². The van der Waals surface area contributed by atoms with Crippen molar-refractivity contribution in [2.24, 2.45) is 0 Å². The van der Waals surface area contributed by atoms with Crippen molar-refractivity contribution >= 4 is 11.4 Å². The Morgan fingerprint density at radius 1 is 0.449 bits per heavy atom. The SMILES string of the molecule is CC.CC.CC.CC.CN(c1ccc(-c2ccccc2)cc1)c1ccc(-c2cccc(-c3cccc(Cc4ccccc4)c3)c2)cc1C1C=CC=CC1.Cc1ccc2c(c1)C(C)(C)c1ccccc1-2. The Morgan fingerprint density at radius 2 is 0.971 bits per heavy atom. The molecule has 1 nitrogen and oxygen atoms in total. The summed E-state index contributed by atoms with van der Waals surface area (Å²) in [6.45, 7) is 22.8. The molecule has 1 atom stereocenters. The van der Waals surface area contributed by atoms with Crippen LogP contribution in [0.3, 0.4) is 0 Å². The fraction of sp³-hybridized carbons (Fsp3) is 0.235. The third kappa shape index (κ3) is 13.0. The van der Waals surface area contributed by atoms with Crippen LogP contribution in [-0.4, -0.2) is 7.05 Å². The molecule has 2 aliphatic carbocycles. The highest BCUT2D eigenvalue weighted by molar-refractivity contribution is 5.81. The zero-order chi connectivity index (χ0) is 49.8. The summed E-state index contributed by atoms with van der Waals surface area (Å²) in [4.78, 5) is 2.33. The first kappa shape index (κ1) is 53.0. The second-order valence-corrected chi connectivity index (χ2v) is 17.1. The number of hydrogen-bond donors (Lipinski definition) is 0. The zero-order valence-corrected chi connectivity index (χ0v) is 43.7. The molecule has 0 fully saturated rings. The Bertz CT molecular complexity index is 2840. The molecule has 0 radical (unpaired) electrons. The number of nitrogens with zero attached hydrogens (tertiary/aromatic N) is 1. The number of aryl methyl sites for hydroxylation is 1. The molecular formula is C68H77N. The second kappa shape index (κ2) is 26.5. The van der Waals surface area contributed by atoms with Crippen molar-refractivity contribution in [2.75, 3.05) is 11.9 Å². The van der Waals surface area contributed by atoms with Crippen molar-refractivity contribution in [1.29, 1.82) is 0 Å². The molecule has 354 valence electrons. The maximum absolute atomic E-state index is 2.41. The summed E-state index contributed by atoms with van der Waals surface area (Å²) in [5, 5.41) is 0. The third-order valence-electron chi connectivity index (χ3n) is 12.6. The smallest absolute Gasteiger partial charge is 0.0447 e. The molecule has 0 aromatic heterocycles. The summed E-state index contributed by atoms with van der Waals surface area (Å²) in [5.74, 6) is 0.328. The highest BCUT2D eigenvalue weighted by atomic mass is 15.1. The number of fused-ring (bicyclic) bond motifs is 3. The van der Waals surface area contributed by atoms with E-state index in [9.17, 15) is 0 Å². The van der Waals surface area contributed by atoms with E-state index in [4.69, 9.17) is 0 Å². The number of benzene rings is 8. The minimum atomic E-state index is 0.151. The summed E-state index contributed by atoms with van der Waals surface area (Å²) >= 11 is 0. The summed E-state index contributed by atoms with van der Waals surface area (Å²) in [7, 11) is 2.18. The molecule has 2 aliphatic rings. The van der Waals surface area contributed by atoms with Gasteiger partial charge in [-0.3, -0.25) is 0 Å². The van der Waals surface area contributed by atoms with E-state index < -0.39 is 0 Å². The van der Waals surface area contributed by atoms with Gasteiger partial charge in [0.15, 0.2) is 0 Å². The fourth-order valence-corrected chi connectivity index (χ4v) is 9.18. The molecule has 69 heavy (non-hydrogen) atoms. The van der Waals surface area contributed by atoms with Crippen LogP contribution in [0.4, 0.5) is 11.4 Å². The highest BCUT2D eigenvalue weighted by Gasteiger charge is 2.34. The number of allylic oxidation sites excluding steroid dienone is 4. The van der Waals surface area contributed by atoms with Crippen molar-refractivity contribution < 1.29 is 0 Å². The predicted octanol–water partition coefficient (Wildman–Crippen LogP) is 20.1. The number of hydrogen-bond acceptors (Lipinski definition) is 1. The van der Waals surface area contributed by atoms with E-state index in [0.29, 0.717) is 5.92 Å².